The Morgan fingerprint density at radius 1 is 1.64 bits per heavy atom. The van der Waals surface area contributed by atoms with Crippen LogP contribution in [0, 0.1) is 0 Å². The highest BCUT2D eigenvalue weighted by molar-refractivity contribution is 5.77. The molecule has 0 aromatic carbocycles. The topological polar surface area (TPSA) is 73.6 Å². The number of ether oxygens (including phenoxy) is 2. The van der Waals surface area contributed by atoms with Crippen molar-refractivity contribution in [2.24, 2.45) is 5.73 Å². The van der Waals surface area contributed by atoms with Gasteiger partial charge >= 0.3 is 0 Å². The van der Waals surface area contributed by atoms with Crippen LogP contribution in [0.1, 0.15) is 13.3 Å². The molecule has 3 atom stereocenters. The van der Waals surface area contributed by atoms with Gasteiger partial charge in [0, 0.05) is 19.8 Å². The first kappa shape index (κ1) is 11.4. The van der Waals surface area contributed by atoms with Crippen molar-refractivity contribution in [1.29, 1.82) is 0 Å². The monoisotopic (exact) mass is 202 g/mol. The van der Waals surface area contributed by atoms with Crippen LogP contribution in [0.2, 0.25) is 0 Å². The third-order valence-corrected chi connectivity index (χ3v) is 2.35. The molecule has 0 bridgehead atoms. The summed E-state index contributed by atoms with van der Waals surface area (Å²) in [5, 5.41) is 2.79. The van der Waals surface area contributed by atoms with Crippen molar-refractivity contribution in [3.05, 3.63) is 0 Å². The average molecular weight is 202 g/mol. The van der Waals surface area contributed by atoms with E-state index in [1.54, 1.807) is 0 Å². The van der Waals surface area contributed by atoms with E-state index in [2.05, 4.69) is 5.32 Å². The van der Waals surface area contributed by atoms with Gasteiger partial charge in [-0.15, -0.1) is 0 Å². The third kappa shape index (κ3) is 2.67. The fraction of sp³-hybridized carbons (Fsp3) is 0.889. The van der Waals surface area contributed by atoms with E-state index < -0.39 is 0 Å². The number of nitrogens with one attached hydrogen (secondary N) is 1. The molecular weight excluding hydrogens is 184 g/mol. The van der Waals surface area contributed by atoms with E-state index in [4.69, 9.17) is 15.2 Å². The molecule has 1 aliphatic rings. The van der Waals surface area contributed by atoms with Gasteiger partial charge < -0.3 is 20.5 Å². The van der Waals surface area contributed by atoms with E-state index in [1.165, 1.54) is 7.11 Å². The molecule has 0 aromatic rings. The smallest absolute Gasteiger partial charge is 0.246 e. The molecule has 1 aliphatic carbocycles. The second-order valence-electron chi connectivity index (χ2n) is 3.42. The Bertz CT molecular complexity index is 196. The number of amides is 1. The Labute approximate surface area is 83.9 Å². The molecule has 5 heteroatoms. The zero-order chi connectivity index (χ0) is 10.6. The van der Waals surface area contributed by atoms with E-state index in [0.717, 1.165) is 6.42 Å². The number of hydrogen-bond donors (Lipinski definition) is 2. The Morgan fingerprint density at radius 3 is 2.86 bits per heavy atom. The van der Waals surface area contributed by atoms with Crippen molar-refractivity contribution >= 4 is 5.91 Å². The van der Waals surface area contributed by atoms with Gasteiger partial charge in [0.25, 0.3) is 0 Å². The molecule has 14 heavy (non-hydrogen) atoms. The molecule has 1 fully saturated rings. The fourth-order valence-electron chi connectivity index (χ4n) is 1.59. The van der Waals surface area contributed by atoms with E-state index in [-0.39, 0.29) is 30.7 Å². The van der Waals surface area contributed by atoms with Crippen LogP contribution in [-0.4, -0.2) is 44.4 Å². The van der Waals surface area contributed by atoms with Crippen LogP contribution in [0.15, 0.2) is 0 Å². The van der Waals surface area contributed by atoms with E-state index in [1.807, 2.05) is 6.92 Å². The SMILES string of the molecule is CCOC1CC(N)C1NC(=O)COC. The second kappa shape index (κ2) is 5.29. The van der Waals surface area contributed by atoms with Crippen LogP contribution < -0.4 is 11.1 Å². The molecule has 0 spiro atoms. The first-order valence-electron chi connectivity index (χ1n) is 4.84. The number of carbonyl (C=O) groups is 1. The van der Waals surface area contributed by atoms with Crippen LogP contribution in [0.25, 0.3) is 0 Å². The van der Waals surface area contributed by atoms with Gasteiger partial charge in [0.05, 0.1) is 12.1 Å². The lowest BCUT2D eigenvalue weighted by atomic mass is 9.83. The normalized spacial score (nSPS) is 30.9. The Kier molecular flexibility index (Phi) is 4.31. The summed E-state index contributed by atoms with van der Waals surface area (Å²) in [5.74, 6) is -0.141. The zero-order valence-corrected chi connectivity index (χ0v) is 8.66. The van der Waals surface area contributed by atoms with Gasteiger partial charge in [-0.2, -0.15) is 0 Å². The maximum absolute atomic E-state index is 11.2. The van der Waals surface area contributed by atoms with E-state index in [0.29, 0.717) is 6.61 Å². The average Bonchev–Trinajstić information content (AvgIpc) is 2.15. The Balaban J connectivity index is 2.30. The highest BCUT2D eigenvalue weighted by Crippen LogP contribution is 2.22. The van der Waals surface area contributed by atoms with Crippen LogP contribution >= 0.6 is 0 Å². The lowest BCUT2D eigenvalue weighted by Gasteiger charge is -2.42. The van der Waals surface area contributed by atoms with E-state index in [9.17, 15) is 4.79 Å². The summed E-state index contributed by atoms with van der Waals surface area (Å²) in [6, 6.07) is -0.0510. The Morgan fingerprint density at radius 2 is 2.36 bits per heavy atom. The molecule has 0 heterocycles. The van der Waals surface area contributed by atoms with Gasteiger partial charge in [0.1, 0.15) is 6.61 Å². The quantitative estimate of drug-likeness (QED) is 0.615. The fourth-order valence-corrected chi connectivity index (χ4v) is 1.59. The van der Waals surface area contributed by atoms with Gasteiger partial charge in [-0.3, -0.25) is 4.79 Å². The highest BCUT2D eigenvalue weighted by Gasteiger charge is 2.40. The van der Waals surface area contributed by atoms with Crippen LogP contribution in [0.4, 0.5) is 0 Å². The summed E-state index contributed by atoms with van der Waals surface area (Å²) in [7, 11) is 1.49. The minimum absolute atomic E-state index is 0.00681. The highest BCUT2D eigenvalue weighted by atomic mass is 16.5. The molecule has 0 saturated heterocycles. The molecule has 3 N–H and O–H groups in total. The zero-order valence-electron chi connectivity index (χ0n) is 8.66. The molecule has 0 radical (unpaired) electrons. The van der Waals surface area contributed by atoms with Crippen molar-refractivity contribution < 1.29 is 14.3 Å². The number of rotatable bonds is 5. The largest absolute Gasteiger partial charge is 0.376 e. The first-order valence-corrected chi connectivity index (χ1v) is 4.84. The second-order valence-corrected chi connectivity index (χ2v) is 3.42. The summed E-state index contributed by atoms with van der Waals surface area (Å²) in [5.41, 5.74) is 5.75. The molecule has 82 valence electrons. The van der Waals surface area contributed by atoms with Crippen molar-refractivity contribution in [2.75, 3.05) is 20.3 Å². The molecule has 3 unspecified atom stereocenters. The number of carbonyl (C=O) groups excluding carboxylic acids is 1. The summed E-state index contributed by atoms with van der Waals surface area (Å²) < 4.78 is 10.1. The van der Waals surface area contributed by atoms with Gasteiger partial charge in [0.15, 0.2) is 0 Å². The molecule has 1 amide bonds. The maximum atomic E-state index is 11.2. The van der Waals surface area contributed by atoms with Crippen LogP contribution in [0.5, 0.6) is 0 Å². The molecule has 0 aromatic heterocycles. The van der Waals surface area contributed by atoms with Crippen molar-refractivity contribution in [2.45, 2.75) is 31.5 Å². The van der Waals surface area contributed by atoms with Crippen molar-refractivity contribution in [3.63, 3.8) is 0 Å². The lowest BCUT2D eigenvalue weighted by Crippen LogP contribution is -2.65. The molecule has 0 aliphatic heterocycles. The minimum atomic E-state index is -0.141. The minimum Gasteiger partial charge on any atom is -0.376 e. The standard InChI is InChI=1S/C9H18N2O3/c1-3-14-7-4-6(10)9(7)11-8(12)5-13-2/h6-7,9H,3-5,10H2,1-2H3,(H,11,12). The Hall–Kier alpha value is -0.650. The van der Waals surface area contributed by atoms with Gasteiger partial charge in [-0.05, 0) is 13.3 Å². The molecule has 1 rings (SSSR count). The first-order chi connectivity index (χ1) is 6.69. The van der Waals surface area contributed by atoms with Gasteiger partial charge in [-0.25, -0.2) is 0 Å². The van der Waals surface area contributed by atoms with Crippen LogP contribution in [0.3, 0.4) is 0 Å². The molecule has 5 nitrogen and oxygen atoms in total. The number of hydrogen-bond acceptors (Lipinski definition) is 4. The van der Waals surface area contributed by atoms with Crippen LogP contribution in [-0.2, 0) is 14.3 Å². The van der Waals surface area contributed by atoms with Crippen molar-refractivity contribution in [1.82, 2.24) is 5.32 Å². The summed E-state index contributed by atoms with van der Waals surface area (Å²) in [4.78, 5) is 11.2. The van der Waals surface area contributed by atoms with Crippen molar-refractivity contribution in [3.8, 4) is 0 Å². The summed E-state index contributed by atoms with van der Waals surface area (Å²) >= 11 is 0. The number of nitrogens with two attached hydrogens (primary N) is 1. The summed E-state index contributed by atoms with van der Waals surface area (Å²) in [6.45, 7) is 2.65. The summed E-state index contributed by atoms with van der Waals surface area (Å²) in [6.07, 6.45) is 0.877. The molecular formula is C9H18N2O3. The van der Waals surface area contributed by atoms with E-state index >= 15 is 0 Å². The maximum Gasteiger partial charge on any atom is 0.246 e. The molecule has 1 saturated carbocycles. The van der Waals surface area contributed by atoms with Gasteiger partial charge in [0.2, 0.25) is 5.91 Å². The predicted octanol–water partition coefficient (Wildman–Crippen LogP) is -0.746. The number of methoxy groups -OCH3 is 1. The predicted molar refractivity (Wildman–Crippen MR) is 51.8 cm³/mol. The lowest BCUT2D eigenvalue weighted by molar-refractivity contribution is -0.129. The van der Waals surface area contributed by atoms with Gasteiger partial charge in [-0.1, -0.05) is 0 Å². The third-order valence-electron chi connectivity index (χ3n) is 2.35.